The van der Waals surface area contributed by atoms with E-state index < -0.39 is 6.43 Å². The Morgan fingerprint density at radius 2 is 2.06 bits per heavy atom. The molecule has 0 saturated carbocycles. The number of hydrogen-bond acceptors (Lipinski definition) is 3. The zero-order valence-corrected chi connectivity index (χ0v) is 10.6. The third-order valence-corrected chi connectivity index (χ3v) is 2.87. The average molecular weight is 308 g/mol. The van der Waals surface area contributed by atoms with Crippen molar-refractivity contribution in [1.29, 1.82) is 0 Å². The molecule has 0 spiro atoms. The van der Waals surface area contributed by atoms with E-state index in [0.29, 0.717) is 31.3 Å². The minimum absolute atomic E-state index is 0.313. The van der Waals surface area contributed by atoms with Gasteiger partial charge in [0.25, 0.3) is 6.43 Å². The maximum absolute atomic E-state index is 12.0. The zero-order valence-electron chi connectivity index (χ0n) is 9.01. The molecule has 0 fully saturated rings. The molecule has 0 atom stereocenters. The predicted molar refractivity (Wildman–Crippen MR) is 62.8 cm³/mol. The minimum Gasteiger partial charge on any atom is -0.486 e. The fraction of sp³-hybridized carbons (Fsp3) is 0.455. The number of fused-ring (bicyclic) bond motifs is 1. The first kappa shape index (κ1) is 12.6. The first-order valence-corrected chi connectivity index (χ1v) is 6.03. The van der Waals surface area contributed by atoms with Crippen LogP contribution in [0.25, 0.3) is 0 Å². The number of halogens is 3. The van der Waals surface area contributed by atoms with Gasteiger partial charge in [0.15, 0.2) is 11.5 Å². The van der Waals surface area contributed by atoms with Crippen LogP contribution in [0.5, 0.6) is 11.5 Å². The highest BCUT2D eigenvalue weighted by Gasteiger charge is 2.16. The molecule has 1 aliphatic heterocycles. The van der Waals surface area contributed by atoms with E-state index in [1.165, 1.54) is 0 Å². The molecule has 3 nitrogen and oxygen atoms in total. The molecule has 0 unspecified atom stereocenters. The molecule has 0 saturated heterocycles. The minimum atomic E-state index is -2.34. The van der Waals surface area contributed by atoms with Gasteiger partial charge in [0.1, 0.15) is 13.2 Å². The molecular weight excluding hydrogens is 296 g/mol. The fourth-order valence-electron chi connectivity index (χ4n) is 1.59. The summed E-state index contributed by atoms with van der Waals surface area (Å²) < 4.78 is 35.6. The standard InChI is InChI=1S/C11H12BrF2NO2/c12-8-3-7(5-15-6-10(13)14)4-9-11(8)17-2-1-16-9/h3-4,10,15H,1-2,5-6H2. The molecule has 6 heteroatoms. The van der Waals surface area contributed by atoms with Crippen LogP contribution in [0.3, 0.4) is 0 Å². The Hall–Kier alpha value is -0.880. The van der Waals surface area contributed by atoms with Gasteiger partial charge in [0.2, 0.25) is 0 Å². The van der Waals surface area contributed by atoms with Crippen molar-refractivity contribution >= 4 is 15.9 Å². The SMILES string of the molecule is FC(F)CNCc1cc(Br)c2c(c1)OCCO2. The van der Waals surface area contributed by atoms with Crippen molar-refractivity contribution < 1.29 is 18.3 Å². The smallest absolute Gasteiger partial charge is 0.250 e. The monoisotopic (exact) mass is 307 g/mol. The Bertz CT molecular complexity index is 401. The first-order valence-electron chi connectivity index (χ1n) is 5.23. The maximum Gasteiger partial charge on any atom is 0.250 e. The van der Waals surface area contributed by atoms with Crippen LogP contribution >= 0.6 is 15.9 Å². The van der Waals surface area contributed by atoms with E-state index in [2.05, 4.69) is 21.2 Å². The lowest BCUT2D eigenvalue weighted by Gasteiger charge is -2.20. The Balaban J connectivity index is 2.06. The van der Waals surface area contributed by atoms with E-state index in [9.17, 15) is 8.78 Å². The second-order valence-corrected chi connectivity index (χ2v) is 4.48. The van der Waals surface area contributed by atoms with Crippen molar-refractivity contribution in [2.24, 2.45) is 0 Å². The van der Waals surface area contributed by atoms with Crippen LogP contribution in [0.1, 0.15) is 5.56 Å². The van der Waals surface area contributed by atoms with Gasteiger partial charge >= 0.3 is 0 Å². The fourth-order valence-corrected chi connectivity index (χ4v) is 2.20. The molecule has 94 valence electrons. The number of nitrogens with one attached hydrogen (secondary N) is 1. The summed E-state index contributed by atoms with van der Waals surface area (Å²) in [4.78, 5) is 0. The normalized spacial score (nSPS) is 14.1. The van der Waals surface area contributed by atoms with Crippen molar-refractivity contribution in [3.63, 3.8) is 0 Å². The van der Waals surface area contributed by atoms with Gasteiger partial charge in [0.05, 0.1) is 11.0 Å². The van der Waals surface area contributed by atoms with Gasteiger partial charge < -0.3 is 14.8 Å². The van der Waals surface area contributed by atoms with Gasteiger partial charge in [-0.25, -0.2) is 8.78 Å². The van der Waals surface area contributed by atoms with E-state index in [0.717, 1.165) is 10.0 Å². The summed E-state index contributed by atoms with van der Waals surface area (Å²) in [6.45, 7) is 1.09. The molecule has 0 aliphatic carbocycles. The van der Waals surface area contributed by atoms with Gasteiger partial charge in [-0.05, 0) is 33.6 Å². The van der Waals surface area contributed by atoms with Gasteiger partial charge in [-0.2, -0.15) is 0 Å². The number of hydrogen-bond donors (Lipinski definition) is 1. The summed E-state index contributed by atoms with van der Waals surface area (Å²) in [6.07, 6.45) is -2.34. The molecule has 17 heavy (non-hydrogen) atoms. The largest absolute Gasteiger partial charge is 0.486 e. The zero-order chi connectivity index (χ0) is 12.3. The molecule has 1 aliphatic rings. The predicted octanol–water partition coefficient (Wildman–Crippen LogP) is 2.58. The lowest BCUT2D eigenvalue weighted by atomic mass is 10.2. The Morgan fingerprint density at radius 3 is 2.82 bits per heavy atom. The van der Waals surface area contributed by atoms with E-state index in [1.54, 1.807) is 6.07 Å². The highest BCUT2D eigenvalue weighted by molar-refractivity contribution is 9.10. The lowest BCUT2D eigenvalue weighted by Crippen LogP contribution is -2.21. The molecule has 0 radical (unpaired) electrons. The molecule has 1 N–H and O–H groups in total. The van der Waals surface area contributed by atoms with Gasteiger partial charge in [-0.3, -0.25) is 0 Å². The highest BCUT2D eigenvalue weighted by Crippen LogP contribution is 2.38. The average Bonchev–Trinajstić information content (AvgIpc) is 2.28. The van der Waals surface area contributed by atoms with Gasteiger partial charge in [-0.15, -0.1) is 0 Å². The lowest BCUT2D eigenvalue weighted by molar-refractivity contribution is 0.145. The number of alkyl halides is 2. The molecular formula is C11H12BrF2NO2. The van der Waals surface area contributed by atoms with E-state index >= 15 is 0 Å². The van der Waals surface area contributed by atoms with E-state index in [1.807, 2.05) is 6.07 Å². The van der Waals surface area contributed by atoms with Crippen LogP contribution in [-0.4, -0.2) is 26.2 Å². The molecule has 1 aromatic rings. The van der Waals surface area contributed by atoms with Crippen molar-refractivity contribution in [1.82, 2.24) is 5.32 Å². The van der Waals surface area contributed by atoms with Crippen molar-refractivity contribution in [2.45, 2.75) is 13.0 Å². The summed E-state index contributed by atoms with van der Waals surface area (Å²) in [5.74, 6) is 1.33. The molecule has 1 aromatic carbocycles. The molecule has 0 amide bonds. The summed E-state index contributed by atoms with van der Waals surface area (Å²) in [5, 5.41) is 2.67. The summed E-state index contributed by atoms with van der Waals surface area (Å²) in [7, 11) is 0. The van der Waals surface area contributed by atoms with Crippen molar-refractivity contribution in [3.05, 3.63) is 22.2 Å². The number of rotatable bonds is 4. The van der Waals surface area contributed by atoms with Crippen molar-refractivity contribution in [3.8, 4) is 11.5 Å². The number of benzene rings is 1. The molecule has 2 rings (SSSR count). The van der Waals surface area contributed by atoms with E-state index in [-0.39, 0.29) is 6.54 Å². The van der Waals surface area contributed by atoms with Crippen LogP contribution in [0.2, 0.25) is 0 Å². The van der Waals surface area contributed by atoms with Gasteiger partial charge in [-0.1, -0.05) is 0 Å². The number of ether oxygens (including phenoxy) is 2. The summed E-state index contributed by atoms with van der Waals surface area (Å²) in [6, 6.07) is 3.64. The Morgan fingerprint density at radius 1 is 1.29 bits per heavy atom. The Labute approximate surface area is 106 Å². The van der Waals surface area contributed by atoms with Crippen LogP contribution in [0.4, 0.5) is 8.78 Å². The summed E-state index contributed by atoms with van der Waals surface area (Å²) >= 11 is 3.37. The molecule has 1 heterocycles. The van der Waals surface area contributed by atoms with Crippen LogP contribution in [0, 0.1) is 0 Å². The third kappa shape index (κ3) is 3.29. The topological polar surface area (TPSA) is 30.5 Å². The van der Waals surface area contributed by atoms with Crippen LogP contribution in [-0.2, 0) is 6.54 Å². The second-order valence-electron chi connectivity index (χ2n) is 3.62. The second kappa shape index (κ2) is 5.64. The van der Waals surface area contributed by atoms with Crippen LogP contribution < -0.4 is 14.8 Å². The highest BCUT2D eigenvalue weighted by atomic mass is 79.9. The van der Waals surface area contributed by atoms with Crippen LogP contribution in [0.15, 0.2) is 16.6 Å². The molecule has 0 aromatic heterocycles. The van der Waals surface area contributed by atoms with E-state index in [4.69, 9.17) is 9.47 Å². The Kier molecular flexibility index (Phi) is 4.17. The third-order valence-electron chi connectivity index (χ3n) is 2.28. The van der Waals surface area contributed by atoms with Gasteiger partial charge in [0, 0.05) is 6.54 Å². The maximum atomic E-state index is 12.0. The summed E-state index contributed by atoms with van der Waals surface area (Å²) in [5.41, 5.74) is 0.877. The quantitative estimate of drug-likeness (QED) is 0.927. The molecule has 0 bridgehead atoms. The van der Waals surface area contributed by atoms with Crippen molar-refractivity contribution in [2.75, 3.05) is 19.8 Å². The first-order chi connectivity index (χ1) is 8.16.